The van der Waals surface area contributed by atoms with Gasteiger partial charge in [0.05, 0.1) is 11.4 Å². The fraction of sp³-hybridized carbons (Fsp3) is 0.600. The third-order valence-corrected chi connectivity index (χ3v) is 12.7. The number of anilines is 2. The molecule has 4 unspecified atom stereocenters. The first-order chi connectivity index (χ1) is 19.5. The van der Waals surface area contributed by atoms with Crippen LogP contribution in [0.2, 0.25) is 0 Å². The minimum atomic E-state index is -0.820. The van der Waals surface area contributed by atoms with Crippen LogP contribution in [0.3, 0.4) is 0 Å². The number of oxime groups is 1. The fourth-order valence-corrected chi connectivity index (χ4v) is 11.3. The average Bonchev–Trinajstić information content (AvgIpc) is 3.46. The quantitative estimate of drug-likeness (QED) is 0.219. The lowest BCUT2D eigenvalue weighted by Crippen LogP contribution is -2.44. The summed E-state index contributed by atoms with van der Waals surface area (Å²) in [6.45, 7) is 6.10. The summed E-state index contributed by atoms with van der Waals surface area (Å²) in [5, 5.41) is 17.8. The summed E-state index contributed by atoms with van der Waals surface area (Å²) in [5.74, 6) is 0.964. The van der Waals surface area contributed by atoms with Gasteiger partial charge in [-0.05, 0) is 138 Å². The van der Waals surface area contributed by atoms with Gasteiger partial charge in [-0.15, -0.1) is 11.3 Å². The van der Waals surface area contributed by atoms with E-state index in [1.807, 2.05) is 18.9 Å². The van der Waals surface area contributed by atoms with E-state index in [0.29, 0.717) is 35.2 Å². The van der Waals surface area contributed by atoms with E-state index in [-0.39, 0.29) is 11.3 Å². The Morgan fingerprint density at radius 3 is 2.78 bits per heavy atom. The van der Waals surface area contributed by atoms with Gasteiger partial charge in [-0.1, -0.05) is 12.1 Å². The molecule has 41 heavy (non-hydrogen) atoms. The number of aryl methyl sites for hydroxylation is 1. The fourth-order valence-electron chi connectivity index (χ4n) is 7.83. The van der Waals surface area contributed by atoms with Gasteiger partial charge in [0.15, 0.2) is 5.13 Å². The first kappa shape index (κ1) is 31.0. The molecule has 1 aromatic carbocycles. The molecule has 5 rings (SSSR count). The Balaban J connectivity index is 1.42. The Hall–Kier alpha value is -1.48. The zero-order valence-corrected chi connectivity index (χ0v) is 29.3. The summed E-state index contributed by atoms with van der Waals surface area (Å²) >= 11 is 6.33. The number of thiazole rings is 1. The van der Waals surface area contributed by atoms with Gasteiger partial charge in [-0.3, -0.25) is 4.79 Å². The number of hydrogen-bond acceptors (Lipinski definition) is 7. The Kier molecular flexibility index (Phi) is 9.25. The molecule has 11 heteroatoms. The molecule has 3 aliphatic carbocycles. The molecule has 2 aromatic rings. The number of carbonyl (C=O) groups excluding carboxylic acids is 1. The molecule has 1 heterocycles. The summed E-state index contributed by atoms with van der Waals surface area (Å²) in [7, 11) is 3.52. The summed E-state index contributed by atoms with van der Waals surface area (Å²) < 4.78 is 2.29. The van der Waals surface area contributed by atoms with E-state index < -0.39 is 12.0 Å². The van der Waals surface area contributed by atoms with Crippen molar-refractivity contribution in [3.05, 3.63) is 35.4 Å². The normalized spacial score (nSPS) is 28.4. The number of nitrogens with zero attached hydrogens (tertiary/aromatic N) is 3. The van der Waals surface area contributed by atoms with Crippen molar-refractivity contribution in [2.24, 2.45) is 28.3 Å². The number of aliphatic carboxylic acids is 1. The maximum Gasteiger partial charge on any atom is 0.326 e. The second-order valence-electron chi connectivity index (χ2n) is 12.1. The SMILES string of the molecule is CO/N=C1\C[C@@H](CCC(=O)Nc2ncc(C)s2)C2C3CCc4c(cc(I)c(N(C)C(C)C(=O)O)c4I)C3CC[C@]12C. The van der Waals surface area contributed by atoms with Gasteiger partial charge in [0.1, 0.15) is 13.2 Å². The van der Waals surface area contributed by atoms with Gasteiger partial charge in [0.2, 0.25) is 5.91 Å². The molecule has 8 nitrogen and oxygen atoms in total. The molecule has 0 bridgehead atoms. The maximum atomic E-state index is 12.9. The van der Waals surface area contributed by atoms with E-state index >= 15 is 0 Å². The second kappa shape index (κ2) is 12.3. The zero-order chi connectivity index (χ0) is 29.6. The Labute approximate surface area is 273 Å². The third-order valence-electron chi connectivity index (χ3n) is 9.87. The maximum absolute atomic E-state index is 12.9. The van der Waals surface area contributed by atoms with Gasteiger partial charge < -0.3 is 20.2 Å². The standard InChI is InChI=1S/C30H38I2N4O4S/c1-15-14-33-29(41-15)34-24(37)9-6-17-12-23(35-40-5)30(3)11-10-18-19(25(17)30)7-8-20-21(18)13-22(31)27(26(20)32)36(4)16(2)28(38)39/h13-14,16-19,25H,6-12H2,1-5H3,(H,38,39)(H,33,34,37)/b35-23+/t16?,17-,18?,19?,25?,30-/m1/s1. The topological polar surface area (TPSA) is 104 Å². The molecule has 222 valence electrons. The predicted molar refractivity (Wildman–Crippen MR) is 180 cm³/mol. The van der Waals surface area contributed by atoms with Crippen LogP contribution in [0.25, 0.3) is 0 Å². The molecular formula is C30H38I2N4O4S. The number of carbonyl (C=O) groups is 2. The van der Waals surface area contributed by atoms with Crippen LogP contribution in [0.4, 0.5) is 10.8 Å². The Morgan fingerprint density at radius 2 is 2.12 bits per heavy atom. The highest BCUT2D eigenvalue weighted by Crippen LogP contribution is 2.63. The van der Waals surface area contributed by atoms with Crippen molar-refractivity contribution < 1.29 is 19.5 Å². The molecule has 3 aliphatic rings. The van der Waals surface area contributed by atoms with Gasteiger partial charge in [-0.2, -0.15) is 0 Å². The van der Waals surface area contributed by atoms with Crippen molar-refractivity contribution in [2.75, 3.05) is 24.4 Å². The molecule has 0 aliphatic heterocycles. The predicted octanol–water partition coefficient (Wildman–Crippen LogP) is 7.07. The molecule has 0 saturated heterocycles. The largest absolute Gasteiger partial charge is 0.480 e. The van der Waals surface area contributed by atoms with Crippen molar-refractivity contribution in [3.63, 3.8) is 0 Å². The van der Waals surface area contributed by atoms with Gasteiger partial charge >= 0.3 is 5.97 Å². The lowest BCUT2D eigenvalue weighted by atomic mass is 9.54. The van der Waals surface area contributed by atoms with Crippen LogP contribution < -0.4 is 10.2 Å². The van der Waals surface area contributed by atoms with Crippen LogP contribution in [0.15, 0.2) is 17.4 Å². The first-order valence-electron chi connectivity index (χ1n) is 14.2. The van der Waals surface area contributed by atoms with E-state index in [2.05, 4.69) is 73.6 Å². The van der Waals surface area contributed by atoms with E-state index in [1.165, 1.54) is 26.0 Å². The number of amides is 1. The number of carboxylic acid groups (broad SMARTS) is 1. The van der Waals surface area contributed by atoms with Crippen LogP contribution in [-0.4, -0.2) is 47.9 Å². The number of carboxylic acids is 1. The Morgan fingerprint density at radius 1 is 1.37 bits per heavy atom. The van der Waals surface area contributed by atoms with E-state index in [0.717, 1.165) is 58.4 Å². The number of benzene rings is 1. The second-order valence-corrected chi connectivity index (χ2v) is 15.5. The molecule has 0 spiro atoms. The lowest BCUT2D eigenvalue weighted by molar-refractivity contribution is -0.138. The van der Waals surface area contributed by atoms with Crippen LogP contribution in [0.5, 0.6) is 0 Å². The number of halogens is 2. The smallest absolute Gasteiger partial charge is 0.326 e. The molecule has 1 aromatic heterocycles. The van der Waals surface area contributed by atoms with Crippen LogP contribution in [0, 0.1) is 37.2 Å². The highest BCUT2D eigenvalue weighted by Gasteiger charge is 2.58. The van der Waals surface area contributed by atoms with Gasteiger partial charge in [0, 0.05) is 37.1 Å². The van der Waals surface area contributed by atoms with E-state index in [9.17, 15) is 14.7 Å². The highest BCUT2D eigenvalue weighted by molar-refractivity contribution is 14.1. The lowest BCUT2D eigenvalue weighted by Gasteiger charge is -2.51. The van der Waals surface area contributed by atoms with Crippen LogP contribution in [0.1, 0.15) is 74.3 Å². The summed E-state index contributed by atoms with van der Waals surface area (Å²) in [5.41, 5.74) is 4.96. The zero-order valence-electron chi connectivity index (χ0n) is 24.2. The molecule has 2 N–H and O–H groups in total. The molecule has 2 saturated carbocycles. The summed E-state index contributed by atoms with van der Waals surface area (Å²) in [6.07, 6.45) is 8.17. The van der Waals surface area contributed by atoms with Gasteiger partial charge in [0.25, 0.3) is 0 Å². The number of fused-ring (bicyclic) bond motifs is 5. The highest BCUT2D eigenvalue weighted by atomic mass is 127. The van der Waals surface area contributed by atoms with Crippen LogP contribution >= 0.6 is 56.5 Å². The van der Waals surface area contributed by atoms with Crippen LogP contribution in [-0.2, 0) is 20.8 Å². The molecule has 6 atom stereocenters. The van der Waals surface area contributed by atoms with Crippen molar-refractivity contribution in [2.45, 2.75) is 77.7 Å². The summed E-state index contributed by atoms with van der Waals surface area (Å²) in [6, 6.07) is 1.73. The van der Waals surface area contributed by atoms with Crippen molar-refractivity contribution in [1.29, 1.82) is 0 Å². The summed E-state index contributed by atoms with van der Waals surface area (Å²) in [4.78, 5) is 37.2. The molecular weight excluding hydrogens is 766 g/mol. The molecule has 0 radical (unpaired) electrons. The van der Waals surface area contributed by atoms with Crippen molar-refractivity contribution in [1.82, 2.24) is 4.98 Å². The number of aromatic nitrogens is 1. The number of rotatable bonds is 8. The Bertz CT molecular complexity index is 1380. The minimum absolute atomic E-state index is 0.0240. The third kappa shape index (κ3) is 5.75. The van der Waals surface area contributed by atoms with Crippen molar-refractivity contribution >= 4 is 84.9 Å². The van der Waals surface area contributed by atoms with Gasteiger partial charge in [-0.25, -0.2) is 9.78 Å². The van der Waals surface area contributed by atoms with E-state index in [4.69, 9.17) is 4.84 Å². The van der Waals surface area contributed by atoms with E-state index in [1.54, 1.807) is 20.2 Å². The van der Waals surface area contributed by atoms with Crippen molar-refractivity contribution in [3.8, 4) is 0 Å². The molecule has 1 amide bonds. The first-order valence-corrected chi connectivity index (χ1v) is 17.2. The average molecular weight is 805 g/mol. The number of hydrogen-bond donors (Lipinski definition) is 2. The minimum Gasteiger partial charge on any atom is -0.480 e. The monoisotopic (exact) mass is 804 g/mol. The number of likely N-dealkylation sites (N-methyl/N-ethyl adjacent to an activating group) is 1. The number of nitrogens with one attached hydrogen (secondary N) is 1. The molecule has 2 fully saturated rings.